The Morgan fingerprint density at radius 3 is 2.76 bits per heavy atom. The van der Waals surface area contributed by atoms with Crippen LogP contribution < -0.4 is 20.8 Å². The molecular weight excluding hydrogens is 574 g/mol. The van der Waals surface area contributed by atoms with Crippen LogP contribution in [0.2, 0.25) is 5.02 Å². The number of carbonyl (C=O) groups is 2. The summed E-state index contributed by atoms with van der Waals surface area (Å²) >= 11 is 11.4. The van der Waals surface area contributed by atoms with Gasteiger partial charge in [-0.05, 0) is 50.3 Å². The van der Waals surface area contributed by atoms with Gasteiger partial charge in [-0.25, -0.2) is 10.2 Å². The quantitative estimate of drug-likeness (QED) is 0.101. The minimum Gasteiger partial charge on any atom is -0.483 e. The monoisotopic (exact) mass is 597 g/mol. The number of allylic oxidation sites excluding steroid dienone is 1. The molecule has 0 saturated heterocycles. The number of nitrogens with zero attached hydrogens (tertiary/aromatic N) is 2. The first-order chi connectivity index (χ1) is 19.7. The minimum atomic E-state index is -0.655. The van der Waals surface area contributed by atoms with Gasteiger partial charge in [-0.3, -0.25) is 14.9 Å². The van der Waals surface area contributed by atoms with Crippen molar-refractivity contribution in [1.29, 1.82) is 0 Å². The lowest BCUT2D eigenvalue weighted by atomic mass is 9.95. The number of rotatable bonds is 10. The molecule has 0 fully saturated rings. The van der Waals surface area contributed by atoms with Gasteiger partial charge in [0, 0.05) is 29.0 Å². The first-order valence-electron chi connectivity index (χ1n) is 12.2. The van der Waals surface area contributed by atoms with E-state index in [4.69, 9.17) is 37.7 Å². The zero-order valence-corrected chi connectivity index (χ0v) is 23.4. The maximum atomic E-state index is 12.7. The number of nitrogens with one attached hydrogen (secondary N) is 3. The fourth-order valence-corrected chi connectivity index (χ4v) is 4.52. The molecule has 0 radical (unpaired) electrons. The third-order valence-electron chi connectivity index (χ3n) is 5.79. The average Bonchev–Trinajstić information content (AvgIpc) is 3.40. The highest BCUT2D eigenvalue weighted by molar-refractivity contribution is 7.80. The van der Waals surface area contributed by atoms with E-state index in [0.717, 1.165) is 0 Å². The van der Waals surface area contributed by atoms with Crippen LogP contribution in [0.25, 0.3) is 11.3 Å². The van der Waals surface area contributed by atoms with Gasteiger partial charge in [-0.1, -0.05) is 29.8 Å². The molecule has 2 aromatic carbocycles. The normalized spacial score (nSPS) is 14.8. The number of benzene rings is 2. The molecule has 3 aromatic rings. The molecule has 0 bridgehead atoms. The SMILES string of the molecule is CCOC(=O)C1=C(C)NC(=S)N[C@@H]1c1ccccc1OCC(=O)NN=Cc1ccc(-c2ccc([N+](=O)[O-])cc2Cl)o1. The molecule has 0 spiro atoms. The van der Waals surface area contributed by atoms with Crippen molar-refractivity contribution >= 4 is 52.7 Å². The Kier molecular flexibility index (Phi) is 9.32. The Hall–Kier alpha value is -4.75. The molecule has 4 rings (SSSR count). The van der Waals surface area contributed by atoms with Crippen molar-refractivity contribution < 1.29 is 28.4 Å². The lowest BCUT2D eigenvalue weighted by molar-refractivity contribution is -0.384. The molecule has 0 unspecified atom stereocenters. The van der Waals surface area contributed by atoms with Gasteiger partial charge in [-0.2, -0.15) is 5.10 Å². The molecule has 41 heavy (non-hydrogen) atoms. The van der Waals surface area contributed by atoms with Gasteiger partial charge in [0.2, 0.25) is 0 Å². The zero-order chi connectivity index (χ0) is 29.5. The van der Waals surface area contributed by atoms with Crippen LogP contribution in [0.15, 0.2) is 75.4 Å². The topological polar surface area (TPSA) is 157 Å². The van der Waals surface area contributed by atoms with E-state index in [1.807, 2.05) is 0 Å². The van der Waals surface area contributed by atoms with Gasteiger partial charge in [0.15, 0.2) is 11.7 Å². The van der Waals surface area contributed by atoms with Crippen LogP contribution in [0.4, 0.5) is 5.69 Å². The first kappa shape index (κ1) is 29.2. The number of hydrogen-bond donors (Lipinski definition) is 3. The van der Waals surface area contributed by atoms with Gasteiger partial charge >= 0.3 is 5.97 Å². The highest BCUT2D eigenvalue weighted by atomic mass is 35.5. The molecular formula is C27H24ClN5O7S. The van der Waals surface area contributed by atoms with Gasteiger partial charge in [0.25, 0.3) is 11.6 Å². The Labute approximate surface area is 244 Å². The largest absolute Gasteiger partial charge is 0.483 e. The minimum absolute atomic E-state index is 0.138. The Bertz CT molecular complexity index is 1570. The summed E-state index contributed by atoms with van der Waals surface area (Å²) in [7, 11) is 0. The summed E-state index contributed by atoms with van der Waals surface area (Å²) < 4.78 is 16.6. The molecule has 212 valence electrons. The molecule has 1 amide bonds. The third kappa shape index (κ3) is 7.07. The average molecular weight is 598 g/mol. The van der Waals surface area contributed by atoms with Crippen molar-refractivity contribution in [1.82, 2.24) is 16.1 Å². The van der Waals surface area contributed by atoms with E-state index in [2.05, 4.69) is 21.2 Å². The number of ether oxygens (including phenoxy) is 2. The van der Waals surface area contributed by atoms with Crippen molar-refractivity contribution in [3.63, 3.8) is 0 Å². The molecule has 1 aromatic heterocycles. The van der Waals surface area contributed by atoms with Crippen LogP contribution >= 0.6 is 23.8 Å². The van der Waals surface area contributed by atoms with E-state index in [1.54, 1.807) is 50.2 Å². The molecule has 2 heterocycles. The number of nitro groups is 1. The highest BCUT2D eigenvalue weighted by Crippen LogP contribution is 2.34. The number of amides is 1. The molecule has 1 aliphatic rings. The first-order valence-corrected chi connectivity index (χ1v) is 13.0. The van der Waals surface area contributed by atoms with Gasteiger partial charge in [-0.15, -0.1) is 0 Å². The Balaban J connectivity index is 1.40. The summed E-state index contributed by atoms with van der Waals surface area (Å²) in [5.41, 5.74) is 4.17. The Morgan fingerprint density at radius 1 is 1.24 bits per heavy atom. The number of esters is 1. The second-order valence-electron chi connectivity index (χ2n) is 8.53. The molecule has 1 aliphatic heterocycles. The predicted octanol–water partition coefficient (Wildman–Crippen LogP) is 4.39. The van der Waals surface area contributed by atoms with E-state index in [1.165, 1.54) is 24.4 Å². The van der Waals surface area contributed by atoms with E-state index in [0.29, 0.717) is 44.8 Å². The summed E-state index contributed by atoms with van der Waals surface area (Å²) in [5.74, 6) is -0.0135. The second-order valence-corrected chi connectivity index (χ2v) is 9.35. The van der Waals surface area contributed by atoms with Crippen LogP contribution in [0.3, 0.4) is 0 Å². The van der Waals surface area contributed by atoms with E-state index in [9.17, 15) is 19.7 Å². The molecule has 12 nitrogen and oxygen atoms in total. The number of nitro benzene ring substituents is 1. The van der Waals surface area contributed by atoms with Crippen molar-refractivity contribution in [3.05, 3.63) is 92.3 Å². The van der Waals surface area contributed by atoms with Crippen LogP contribution in [-0.4, -0.2) is 41.3 Å². The molecule has 14 heteroatoms. The lowest BCUT2D eigenvalue weighted by Crippen LogP contribution is -2.45. The summed E-state index contributed by atoms with van der Waals surface area (Å²) in [6.45, 7) is 3.28. The van der Waals surface area contributed by atoms with E-state index >= 15 is 0 Å². The Morgan fingerprint density at radius 2 is 2.02 bits per heavy atom. The number of halogens is 1. The van der Waals surface area contributed by atoms with Crippen molar-refractivity contribution in [2.45, 2.75) is 19.9 Å². The third-order valence-corrected chi connectivity index (χ3v) is 6.32. The number of para-hydroxylation sites is 1. The van der Waals surface area contributed by atoms with Crippen molar-refractivity contribution in [2.75, 3.05) is 13.2 Å². The van der Waals surface area contributed by atoms with Crippen LogP contribution in [-0.2, 0) is 14.3 Å². The summed E-state index contributed by atoms with van der Waals surface area (Å²) in [6.07, 6.45) is 1.29. The molecule has 3 N–H and O–H groups in total. The number of hydrogen-bond acceptors (Lipinski definition) is 9. The predicted molar refractivity (Wildman–Crippen MR) is 154 cm³/mol. The van der Waals surface area contributed by atoms with Crippen molar-refractivity contribution in [2.24, 2.45) is 5.10 Å². The lowest BCUT2D eigenvalue weighted by Gasteiger charge is -2.30. The van der Waals surface area contributed by atoms with E-state index < -0.39 is 22.8 Å². The van der Waals surface area contributed by atoms with Gasteiger partial charge < -0.3 is 24.5 Å². The maximum Gasteiger partial charge on any atom is 0.338 e. The highest BCUT2D eigenvalue weighted by Gasteiger charge is 2.32. The smallest absolute Gasteiger partial charge is 0.338 e. The summed E-state index contributed by atoms with van der Waals surface area (Å²) in [5, 5.41) is 21.3. The zero-order valence-electron chi connectivity index (χ0n) is 21.8. The molecule has 0 aliphatic carbocycles. The summed E-state index contributed by atoms with van der Waals surface area (Å²) in [6, 6.07) is 13.5. The van der Waals surface area contributed by atoms with Crippen LogP contribution in [0.5, 0.6) is 5.75 Å². The van der Waals surface area contributed by atoms with E-state index in [-0.39, 0.29) is 23.9 Å². The van der Waals surface area contributed by atoms with Gasteiger partial charge in [0.05, 0.1) is 34.4 Å². The fourth-order valence-electron chi connectivity index (χ4n) is 3.98. The number of hydrazone groups is 1. The maximum absolute atomic E-state index is 12.7. The van der Waals surface area contributed by atoms with Crippen molar-refractivity contribution in [3.8, 4) is 17.1 Å². The number of furan rings is 1. The van der Waals surface area contributed by atoms with Gasteiger partial charge in [0.1, 0.15) is 17.3 Å². The number of carbonyl (C=O) groups excluding carboxylic acids is 2. The fraction of sp³-hybridized carbons (Fsp3) is 0.185. The number of non-ortho nitro benzene ring substituents is 1. The molecule has 1 atom stereocenters. The number of thiocarbonyl (C=S) groups is 1. The standard InChI is InChI=1S/C27H24ClN5O7S/c1-3-38-26(35)24-15(2)30-27(41)31-25(24)19-6-4-5-7-21(19)39-14-23(34)32-29-13-17-9-11-22(40-17)18-10-8-16(33(36)37)12-20(18)28/h4-13,25H,3,14H2,1-2H3,(H,32,34)(H2,30,31,41)/t25-/m1/s1. The van der Waals surface area contributed by atoms with Crippen LogP contribution in [0.1, 0.15) is 31.2 Å². The summed E-state index contributed by atoms with van der Waals surface area (Å²) in [4.78, 5) is 35.5. The second kappa shape index (κ2) is 13.1. The van der Waals surface area contributed by atoms with Crippen LogP contribution in [0, 0.1) is 10.1 Å². The molecule has 0 saturated carbocycles.